The van der Waals surface area contributed by atoms with E-state index in [4.69, 9.17) is 0 Å². The summed E-state index contributed by atoms with van der Waals surface area (Å²) in [4.78, 5) is 2.58. The summed E-state index contributed by atoms with van der Waals surface area (Å²) >= 11 is 0. The minimum absolute atomic E-state index is 0.735. The van der Waals surface area contributed by atoms with Gasteiger partial charge in [-0.3, -0.25) is 0 Å². The quantitative estimate of drug-likeness (QED) is 0.673. The molecule has 1 saturated heterocycles. The van der Waals surface area contributed by atoms with E-state index in [2.05, 4.69) is 34.5 Å². The number of piperidine rings is 1. The minimum atomic E-state index is 0.735. The van der Waals surface area contributed by atoms with E-state index in [1.54, 1.807) is 0 Å². The molecular weight excluding hydrogens is 172 g/mol. The summed E-state index contributed by atoms with van der Waals surface area (Å²) < 4.78 is 0. The van der Waals surface area contributed by atoms with Gasteiger partial charge >= 0.3 is 0 Å². The lowest BCUT2D eigenvalue weighted by Crippen LogP contribution is -2.46. The lowest BCUT2D eigenvalue weighted by molar-refractivity contribution is 0.466. The molecular formula is C12H16N2. The molecule has 1 atom stereocenters. The molecule has 0 spiro atoms. The van der Waals surface area contributed by atoms with Gasteiger partial charge in [0, 0.05) is 19.1 Å². The molecule has 0 unspecified atom stereocenters. The van der Waals surface area contributed by atoms with E-state index >= 15 is 0 Å². The number of para-hydroxylation sites is 2. The molecule has 0 amide bonds. The molecule has 2 aliphatic heterocycles. The molecule has 14 heavy (non-hydrogen) atoms. The molecule has 0 aromatic heterocycles. The van der Waals surface area contributed by atoms with E-state index in [1.165, 1.54) is 37.2 Å². The average molecular weight is 188 g/mol. The number of fused-ring (bicyclic) bond motifs is 3. The molecule has 2 nitrogen and oxygen atoms in total. The molecule has 2 aliphatic rings. The lowest BCUT2D eigenvalue weighted by Gasteiger charge is -2.42. The van der Waals surface area contributed by atoms with Crippen LogP contribution in [0.5, 0.6) is 0 Å². The summed E-state index contributed by atoms with van der Waals surface area (Å²) in [7, 11) is 0. The number of hydrogen-bond acceptors (Lipinski definition) is 2. The molecule has 1 aromatic rings. The number of nitrogens with zero attached hydrogens (tertiary/aromatic N) is 1. The van der Waals surface area contributed by atoms with Crippen LogP contribution in [0.4, 0.5) is 11.4 Å². The van der Waals surface area contributed by atoms with Gasteiger partial charge in [0.25, 0.3) is 0 Å². The van der Waals surface area contributed by atoms with Gasteiger partial charge in [-0.05, 0) is 31.4 Å². The number of anilines is 2. The Hall–Kier alpha value is -1.18. The summed E-state index contributed by atoms with van der Waals surface area (Å²) in [5, 5.41) is 3.52. The maximum absolute atomic E-state index is 3.52. The molecule has 1 N–H and O–H groups in total. The molecule has 1 aromatic carbocycles. The fourth-order valence-electron chi connectivity index (χ4n) is 2.63. The predicted molar refractivity (Wildman–Crippen MR) is 59.9 cm³/mol. The van der Waals surface area contributed by atoms with Gasteiger partial charge < -0.3 is 10.2 Å². The molecule has 2 heterocycles. The van der Waals surface area contributed by atoms with E-state index < -0.39 is 0 Å². The van der Waals surface area contributed by atoms with E-state index in [9.17, 15) is 0 Å². The summed E-state index contributed by atoms with van der Waals surface area (Å²) in [6.07, 6.45) is 4.09. The van der Waals surface area contributed by atoms with Gasteiger partial charge in [-0.15, -0.1) is 0 Å². The number of rotatable bonds is 0. The zero-order chi connectivity index (χ0) is 9.38. The van der Waals surface area contributed by atoms with E-state index in [0.717, 1.165) is 12.6 Å². The second kappa shape index (κ2) is 3.19. The fraction of sp³-hybridized carbons (Fsp3) is 0.500. The molecule has 1 fully saturated rings. The minimum Gasteiger partial charge on any atom is -0.381 e. The van der Waals surface area contributed by atoms with Crippen molar-refractivity contribution in [2.24, 2.45) is 0 Å². The van der Waals surface area contributed by atoms with Gasteiger partial charge in [-0.1, -0.05) is 12.1 Å². The van der Waals surface area contributed by atoms with Crippen LogP contribution < -0.4 is 10.2 Å². The Labute approximate surface area is 84.9 Å². The van der Waals surface area contributed by atoms with E-state index in [1.807, 2.05) is 0 Å². The van der Waals surface area contributed by atoms with Crippen molar-refractivity contribution in [1.29, 1.82) is 0 Å². The second-order valence-electron chi connectivity index (χ2n) is 4.24. The van der Waals surface area contributed by atoms with Gasteiger partial charge in [-0.25, -0.2) is 0 Å². The average Bonchev–Trinajstić information content (AvgIpc) is 2.29. The standard InChI is InChI=1S/C12H16N2/c1-2-7-12-11(6-1)13-9-10-5-3-4-8-14(10)12/h1-2,6-7,10,13H,3-5,8-9H2/t10-/m1/s1. The molecule has 74 valence electrons. The van der Waals surface area contributed by atoms with Crippen LogP contribution in [0, 0.1) is 0 Å². The first-order valence-corrected chi connectivity index (χ1v) is 5.55. The topological polar surface area (TPSA) is 15.3 Å². The molecule has 2 heteroatoms. The van der Waals surface area contributed by atoms with Crippen LogP contribution in [0.25, 0.3) is 0 Å². The second-order valence-corrected chi connectivity index (χ2v) is 4.24. The van der Waals surface area contributed by atoms with E-state index in [0.29, 0.717) is 0 Å². The van der Waals surface area contributed by atoms with Crippen molar-refractivity contribution in [2.75, 3.05) is 23.3 Å². The molecule has 0 aliphatic carbocycles. The van der Waals surface area contributed by atoms with Crippen molar-refractivity contribution >= 4 is 11.4 Å². The normalized spacial score (nSPS) is 24.9. The molecule has 0 saturated carbocycles. The van der Waals surface area contributed by atoms with Gasteiger partial charge in [0.15, 0.2) is 0 Å². The maximum atomic E-state index is 3.52. The largest absolute Gasteiger partial charge is 0.381 e. The van der Waals surface area contributed by atoms with Crippen molar-refractivity contribution in [1.82, 2.24) is 0 Å². The van der Waals surface area contributed by atoms with Gasteiger partial charge in [0.2, 0.25) is 0 Å². The van der Waals surface area contributed by atoms with Crippen LogP contribution in [0.3, 0.4) is 0 Å². The van der Waals surface area contributed by atoms with Crippen molar-refractivity contribution in [3.8, 4) is 0 Å². The number of nitrogens with one attached hydrogen (secondary N) is 1. The first kappa shape index (κ1) is 8.16. The van der Waals surface area contributed by atoms with Crippen LogP contribution in [0.1, 0.15) is 19.3 Å². The summed E-state index contributed by atoms with van der Waals surface area (Å²) in [5.74, 6) is 0. The van der Waals surface area contributed by atoms with Gasteiger partial charge in [0.05, 0.1) is 11.4 Å². The summed E-state index contributed by atoms with van der Waals surface area (Å²) in [5.41, 5.74) is 2.72. The Bertz CT molecular complexity index is 335. The first-order valence-electron chi connectivity index (χ1n) is 5.55. The van der Waals surface area contributed by atoms with Crippen molar-refractivity contribution in [3.05, 3.63) is 24.3 Å². The molecule has 0 bridgehead atoms. The third-order valence-electron chi connectivity index (χ3n) is 3.37. The highest BCUT2D eigenvalue weighted by atomic mass is 15.2. The Morgan fingerprint density at radius 2 is 2.14 bits per heavy atom. The van der Waals surface area contributed by atoms with Crippen LogP contribution in [0.15, 0.2) is 24.3 Å². The lowest BCUT2D eigenvalue weighted by atomic mass is 9.98. The van der Waals surface area contributed by atoms with Crippen molar-refractivity contribution in [2.45, 2.75) is 25.3 Å². The monoisotopic (exact) mass is 188 g/mol. The number of benzene rings is 1. The third-order valence-corrected chi connectivity index (χ3v) is 3.37. The van der Waals surface area contributed by atoms with Gasteiger partial charge in [0.1, 0.15) is 0 Å². The van der Waals surface area contributed by atoms with E-state index in [-0.39, 0.29) is 0 Å². The summed E-state index contributed by atoms with van der Waals surface area (Å²) in [6.45, 7) is 2.36. The first-order chi connectivity index (χ1) is 6.95. The SMILES string of the molecule is c1ccc2c(c1)NC[C@H]1CCCCN21. The zero-order valence-corrected chi connectivity index (χ0v) is 8.37. The van der Waals surface area contributed by atoms with Crippen LogP contribution in [-0.4, -0.2) is 19.1 Å². The number of hydrogen-bond donors (Lipinski definition) is 1. The van der Waals surface area contributed by atoms with Crippen molar-refractivity contribution < 1.29 is 0 Å². The van der Waals surface area contributed by atoms with Crippen LogP contribution >= 0.6 is 0 Å². The predicted octanol–water partition coefficient (Wildman–Crippen LogP) is 2.47. The fourth-order valence-corrected chi connectivity index (χ4v) is 2.63. The Balaban J connectivity index is 1.99. The zero-order valence-electron chi connectivity index (χ0n) is 8.37. The Kier molecular flexibility index (Phi) is 1.86. The molecule has 0 radical (unpaired) electrons. The van der Waals surface area contributed by atoms with Crippen molar-refractivity contribution in [3.63, 3.8) is 0 Å². The Morgan fingerprint density at radius 3 is 3.14 bits per heavy atom. The summed E-state index contributed by atoms with van der Waals surface area (Å²) in [6, 6.07) is 9.40. The maximum Gasteiger partial charge on any atom is 0.0605 e. The molecule has 3 rings (SSSR count). The van der Waals surface area contributed by atoms with Crippen LogP contribution in [0.2, 0.25) is 0 Å². The third kappa shape index (κ3) is 1.17. The van der Waals surface area contributed by atoms with Crippen LogP contribution in [-0.2, 0) is 0 Å². The Morgan fingerprint density at radius 1 is 1.21 bits per heavy atom. The highest BCUT2D eigenvalue weighted by Crippen LogP contribution is 2.34. The highest BCUT2D eigenvalue weighted by Gasteiger charge is 2.27. The smallest absolute Gasteiger partial charge is 0.0605 e. The highest BCUT2D eigenvalue weighted by molar-refractivity contribution is 5.72. The van der Waals surface area contributed by atoms with Gasteiger partial charge in [-0.2, -0.15) is 0 Å².